The number of rotatable bonds is 19. The van der Waals surface area contributed by atoms with Crippen molar-refractivity contribution < 1.29 is 14.2 Å². The van der Waals surface area contributed by atoms with Crippen LogP contribution in [0.5, 0.6) is 0 Å². The Morgan fingerprint density at radius 1 is 0.783 bits per heavy atom. The lowest BCUT2D eigenvalue weighted by Gasteiger charge is -2.05. The molecule has 0 aromatic rings. The fraction of sp³-hybridized carbons (Fsp3) is 1.00. The van der Waals surface area contributed by atoms with E-state index >= 15 is 0 Å². The molecule has 4 heteroatoms. The first-order valence-electron chi connectivity index (χ1n) is 9.78. The molecular formula is C19H38O3S. The van der Waals surface area contributed by atoms with Gasteiger partial charge in [-0.3, -0.25) is 0 Å². The molecule has 1 aliphatic heterocycles. The molecule has 1 unspecified atom stereocenters. The van der Waals surface area contributed by atoms with Crippen molar-refractivity contribution in [3.63, 3.8) is 0 Å². The second-order valence-corrected chi connectivity index (χ2v) is 7.66. The summed E-state index contributed by atoms with van der Waals surface area (Å²) in [5.74, 6) is 2.40. The second-order valence-electron chi connectivity index (χ2n) is 6.44. The minimum atomic E-state index is 0.367. The van der Waals surface area contributed by atoms with E-state index < -0.39 is 0 Å². The molecule has 1 saturated heterocycles. The lowest BCUT2D eigenvalue weighted by atomic mass is 10.1. The molecule has 1 heterocycles. The van der Waals surface area contributed by atoms with E-state index in [1.165, 1.54) is 70.0 Å². The van der Waals surface area contributed by atoms with Gasteiger partial charge in [-0.05, 0) is 12.2 Å². The predicted molar refractivity (Wildman–Crippen MR) is 101 cm³/mol. The van der Waals surface area contributed by atoms with Crippen molar-refractivity contribution in [1.29, 1.82) is 0 Å². The van der Waals surface area contributed by atoms with Gasteiger partial charge >= 0.3 is 0 Å². The zero-order valence-corrected chi connectivity index (χ0v) is 16.0. The first kappa shape index (κ1) is 21.3. The second kappa shape index (κ2) is 17.1. The quantitative estimate of drug-likeness (QED) is 0.241. The van der Waals surface area contributed by atoms with E-state index in [9.17, 15) is 0 Å². The summed E-state index contributed by atoms with van der Waals surface area (Å²) in [6.07, 6.45) is 14.5. The molecule has 0 bridgehead atoms. The van der Waals surface area contributed by atoms with Crippen molar-refractivity contribution in [2.75, 3.05) is 44.5 Å². The maximum Gasteiger partial charge on any atom is 0.104 e. The minimum Gasteiger partial charge on any atom is -0.378 e. The Labute approximate surface area is 148 Å². The van der Waals surface area contributed by atoms with Gasteiger partial charge in [0.2, 0.25) is 0 Å². The Hall–Kier alpha value is 0.230. The Bertz CT molecular complexity index is 235. The molecule has 1 aliphatic rings. The molecule has 1 rings (SSSR count). The highest BCUT2D eigenvalue weighted by Crippen LogP contribution is 2.12. The number of unbranched alkanes of at least 4 members (excludes halogenated alkanes) is 9. The molecule has 138 valence electrons. The SMILES string of the molecule is CCCCCCCCCCCCSCCOCCOCC1CO1. The lowest BCUT2D eigenvalue weighted by Crippen LogP contribution is -2.09. The monoisotopic (exact) mass is 346 g/mol. The van der Waals surface area contributed by atoms with Gasteiger partial charge in [-0.1, -0.05) is 64.7 Å². The molecule has 23 heavy (non-hydrogen) atoms. The smallest absolute Gasteiger partial charge is 0.104 e. The van der Waals surface area contributed by atoms with Crippen molar-refractivity contribution >= 4 is 11.8 Å². The molecule has 0 saturated carbocycles. The van der Waals surface area contributed by atoms with E-state index in [0.29, 0.717) is 19.3 Å². The highest BCUT2D eigenvalue weighted by Gasteiger charge is 2.21. The van der Waals surface area contributed by atoms with E-state index in [-0.39, 0.29) is 0 Å². The highest BCUT2D eigenvalue weighted by molar-refractivity contribution is 7.99. The molecule has 0 aliphatic carbocycles. The largest absolute Gasteiger partial charge is 0.378 e. The third-order valence-electron chi connectivity index (χ3n) is 4.09. The average Bonchev–Trinajstić information content (AvgIpc) is 3.38. The van der Waals surface area contributed by atoms with Crippen molar-refractivity contribution in [3.05, 3.63) is 0 Å². The van der Waals surface area contributed by atoms with Gasteiger partial charge in [0.25, 0.3) is 0 Å². The summed E-state index contributed by atoms with van der Waals surface area (Å²) in [7, 11) is 0. The molecule has 1 atom stereocenters. The lowest BCUT2D eigenvalue weighted by molar-refractivity contribution is 0.0473. The molecular weight excluding hydrogens is 308 g/mol. The van der Waals surface area contributed by atoms with Crippen molar-refractivity contribution in [2.24, 2.45) is 0 Å². The van der Waals surface area contributed by atoms with Gasteiger partial charge in [-0.15, -0.1) is 0 Å². The van der Waals surface area contributed by atoms with Crippen LogP contribution in [0.25, 0.3) is 0 Å². The standard InChI is InChI=1S/C19H38O3S/c1-2-3-4-5-6-7-8-9-10-11-15-23-16-14-20-12-13-21-17-19-18-22-19/h19H,2-18H2,1H3. The number of epoxide rings is 1. The average molecular weight is 347 g/mol. The zero-order chi connectivity index (χ0) is 16.4. The molecule has 0 radical (unpaired) electrons. The molecule has 0 aromatic heterocycles. The number of thioether (sulfide) groups is 1. The fourth-order valence-corrected chi connectivity index (χ4v) is 3.36. The van der Waals surface area contributed by atoms with Crippen LogP contribution in [-0.2, 0) is 14.2 Å². The number of hydrogen-bond donors (Lipinski definition) is 0. The predicted octanol–water partition coefficient (Wildman–Crippen LogP) is 5.07. The molecule has 0 spiro atoms. The van der Waals surface area contributed by atoms with Crippen LogP contribution in [0.3, 0.4) is 0 Å². The van der Waals surface area contributed by atoms with Crippen LogP contribution in [0.4, 0.5) is 0 Å². The molecule has 0 amide bonds. The Morgan fingerprint density at radius 3 is 2.04 bits per heavy atom. The van der Waals surface area contributed by atoms with Gasteiger partial charge in [0, 0.05) is 5.75 Å². The third-order valence-corrected chi connectivity index (χ3v) is 5.13. The first-order valence-corrected chi connectivity index (χ1v) is 10.9. The third kappa shape index (κ3) is 16.9. The van der Waals surface area contributed by atoms with Gasteiger partial charge in [-0.2, -0.15) is 11.8 Å². The van der Waals surface area contributed by atoms with Gasteiger partial charge in [-0.25, -0.2) is 0 Å². The maximum atomic E-state index is 5.55. The fourth-order valence-electron chi connectivity index (χ4n) is 2.51. The normalized spacial score (nSPS) is 16.8. The van der Waals surface area contributed by atoms with E-state index in [1.54, 1.807) is 0 Å². The first-order chi connectivity index (χ1) is 11.4. The van der Waals surface area contributed by atoms with E-state index in [4.69, 9.17) is 14.2 Å². The van der Waals surface area contributed by atoms with E-state index in [0.717, 1.165) is 25.6 Å². The highest BCUT2D eigenvalue weighted by atomic mass is 32.2. The van der Waals surface area contributed by atoms with Crippen LogP contribution >= 0.6 is 11.8 Å². The Morgan fingerprint density at radius 2 is 1.39 bits per heavy atom. The van der Waals surface area contributed by atoms with Crippen LogP contribution in [-0.4, -0.2) is 50.6 Å². The van der Waals surface area contributed by atoms with Crippen LogP contribution in [0.15, 0.2) is 0 Å². The summed E-state index contributed by atoms with van der Waals surface area (Å²) in [4.78, 5) is 0. The summed E-state index contributed by atoms with van der Waals surface area (Å²) in [6, 6.07) is 0. The van der Waals surface area contributed by atoms with Gasteiger partial charge < -0.3 is 14.2 Å². The van der Waals surface area contributed by atoms with Crippen LogP contribution in [0.1, 0.15) is 71.1 Å². The van der Waals surface area contributed by atoms with Gasteiger partial charge in [0.15, 0.2) is 0 Å². The van der Waals surface area contributed by atoms with Crippen molar-refractivity contribution in [2.45, 2.75) is 77.2 Å². The van der Waals surface area contributed by atoms with Crippen molar-refractivity contribution in [1.82, 2.24) is 0 Å². The summed E-state index contributed by atoms with van der Waals surface area (Å²) in [6.45, 7) is 6.15. The van der Waals surface area contributed by atoms with Crippen LogP contribution < -0.4 is 0 Å². The molecule has 0 aromatic carbocycles. The molecule has 3 nitrogen and oxygen atoms in total. The van der Waals surface area contributed by atoms with Gasteiger partial charge in [0.1, 0.15) is 6.10 Å². The summed E-state index contributed by atoms with van der Waals surface area (Å²) < 4.78 is 16.0. The zero-order valence-electron chi connectivity index (χ0n) is 15.2. The maximum absolute atomic E-state index is 5.55. The minimum absolute atomic E-state index is 0.367. The summed E-state index contributed by atoms with van der Waals surface area (Å²) in [5.41, 5.74) is 0. The Kier molecular flexibility index (Phi) is 15.8. The molecule has 0 N–H and O–H groups in total. The topological polar surface area (TPSA) is 31.0 Å². The van der Waals surface area contributed by atoms with E-state index in [2.05, 4.69) is 6.92 Å². The van der Waals surface area contributed by atoms with Gasteiger partial charge in [0.05, 0.1) is 33.0 Å². The molecule has 1 fully saturated rings. The summed E-state index contributed by atoms with van der Waals surface area (Å²) in [5, 5.41) is 0. The summed E-state index contributed by atoms with van der Waals surface area (Å²) >= 11 is 2.02. The number of hydrogen-bond acceptors (Lipinski definition) is 4. The van der Waals surface area contributed by atoms with Crippen LogP contribution in [0, 0.1) is 0 Å². The number of ether oxygens (including phenoxy) is 3. The van der Waals surface area contributed by atoms with E-state index in [1.807, 2.05) is 11.8 Å². The van der Waals surface area contributed by atoms with Crippen LogP contribution in [0.2, 0.25) is 0 Å². The Balaban J connectivity index is 1.59. The van der Waals surface area contributed by atoms with Crippen molar-refractivity contribution in [3.8, 4) is 0 Å².